The molecule has 0 atom stereocenters. The number of nitrogens with zero attached hydrogens (tertiary/aromatic N) is 2. The summed E-state index contributed by atoms with van der Waals surface area (Å²) in [6.07, 6.45) is 3.96. The standard InChI is InChI=1S/C15H22N2O2S/c1-2-11-20(18,19)17-10-7-13-5-6-14(12-15(13)17)16-8-3-4-9-16/h5-6,12H,2-4,7-11H2,1H3. The maximum atomic E-state index is 12.3. The van der Waals surface area contributed by atoms with E-state index in [-0.39, 0.29) is 5.75 Å². The van der Waals surface area contributed by atoms with E-state index < -0.39 is 10.0 Å². The highest BCUT2D eigenvalue weighted by Gasteiger charge is 2.29. The van der Waals surface area contributed by atoms with Gasteiger partial charge in [-0.25, -0.2) is 8.42 Å². The van der Waals surface area contributed by atoms with Crippen molar-refractivity contribution in [3.63, 3.8) is 0 Å². The maximum Gasteiger partial charge on any atom is 0.235 e. The molecule has 0 aliphatic carbocycles. The first-order chi connectivity index (χ1) is 9.62. The van der Waals surface area contributed by atoms with Gasteiger partial charge in [-0.05, 0) is 43.4 Å². The molecular formula is C15H22N2O2S. The molecule has 0 unspecified atom stereocenters. The van der Waals surface area contributed by atoms with Gasteiger partial charge in [-0.1, -0.05) is 13.0 Å². The molecule has 20 heavy (non-hydrogen) atoms. The van der Waals surface area contributed by atoms with Crippen LogP contribution < -0.4 is 9.21 Å². The normalized spacial score (nSPS) is 18.6. The highest BCUT2D eigenvalue weighted by atomic mass is 32.2. The Bertz CT molecular complexity index is 592. The lowest BCUT2D eigenvalue weighted by Crippen LogP contribution is -2.31. The molecule has 0 spiro atoms. The predicted octanol–water partition coefficient (Wildman–Crippen LogP) is 2.39. The van der Waals surface area contributed by atoms with Crippen molar-refractivity contribution in [1.29, 1.82) is 0 Å². The Morgan fingerprint density at radius 3 is 2.60 bits per heavy atom. The Hall–Kier alpha value is -1.23. The zero-order valence-corrected chi connectivity index (χ0v) is 12.8. The number of fused-ring (bicyclic) bond motifs is 1. The summed E-state index contributed by atoms with van der Waals surface area (Å²) in [5.41, 5.74) is 3.23. The summed E-state index contributed by atoms with van der Waals surface area (Å²) in [4.78, 5) is 2.35. The first-order valence-corrected chi connectivity index (χ1v) is 9.11. The van der Waals surface area contributed by atoms with Gasteiger partial charge in [0.15, 0.2) is 0 Å². The second kappa shape index (κ2) is 5.28. The SMILES string of the molecule is CCCS(=O)(=O)N1CCc2ccc(N3CCCC3)cc21. The first kappa shape index (κ1) is 13.7. The fourth-order valence-electron chi connectivity index (χ4n) is 3.17. The molecular weight excluding hydrogens is 272 g/mol. The molecule has 2 aliphatic heterocycles. The van der Waals surface area contributed by atoms with Crippen molar-refractivity contribution in [3.8, 4) is 0 Å². The zero-order chi connectivity index (χ0) is 14.2. The lowest BCUT2D eigenvalue weighted by atomic mass is 10.1. The second-order valence-corrected chi connectivity index (χ2v) is 7.66. The van der Waals surface area contributed by atoms with Gasteiger partial charge in [0.05, 0.1) is 11.4 Å². The third kappa shape index (κ3) is 2.39. The van der Waals surface area contributed by atoms with Crippen LogP contribution in [-0.4, -0.2) is 33.8 Å². The molecule has 2 aliphatic rings. The summed E-state index contributed by atoms with van der Waals surface area (Å²) in [5.74, 6) is 0.236. The van der Waals surface area contributed by atoms with Crippen LogP contribution in [0.25, 0.3) is 0 Å². The molecule has 0 saturated carbocycles. The Labute approximate surface area is 121 Å². The van der Waals surface area contributed by atoms with Crippen LogP contribution >= 0.6 is 0 Å². The van der Waals surface area contributed by atoms with E-state index in [0.29, 0.717) is 13.0 Å². The second-order valence-electron chi connectivity index (χ2n) is 5.65. The highest BCUT2D eigenvalue weighted by Crippen LogP contribution is 2.35. The van der Waals surface area contributed by atoms with Crippen molar-refractivity contribution < 1.29 is 8.42 Å². The largest absolute Gasteiger partial charge is 0.371 e. The van der Waals surface area contributed by atoms with E-state index in [9.17, 15) is 8.42 Å². The van der Waals surface area contributed by atoms with Gasteiger partial charge in [-0.3, -0.25) is 4.31 Å². The molecule has 5 heteroatoms. The van der Waals surface area contributed by atoms with Gasteiger partial charge < -0.3 is 4.90 Å². The maximum absolute atomic E-state index is 12.3. The summed E-state index contributed by atoms with van der Waals surface area (Å²) < 4.78 is 26.3. The summed E-state index contributed by atoms with van der Waals surface area (Å²) >= 11 is 0. The van der Waals surface area contributed by atoms with Crippen LogP contribution in [0, 0.1) is 0 Å². The van der Waals surface area contributed by atoms with E-state index >= 15 is 0 Å². The minimum atomic E-state index is -3.15. The molecule has 0 radical (unpaired) electrons. The lowest BCUT2D eigenvalue weighted by molar-refractivity contribution is 0.591. The molecule has 2 heterocycles. The predicted molar refractivity (Wildman–Crippen MR) is 83.0 cm³/mol. The molecule has 0 aromatic heterocycles. The monoisotopic (exact) mass is 294 g/mol. The zero-order valence-electron chi connectivity index (χ0n) is 12.0. The highest BCUT2D eigenvalue weighted by molar-refractivity contribution is 7.92. The van der Waals surface area contributed by atoms with E-state index in [2.05, 4.69) is 23.1 Å². The number of benzene rings is 1. The van der Waals surface area contributed by atoms with Gasteiger partial charge in [-0.2, -0.15) is 0 Å². The summed E-state index contributed by atoms with van der Waals surface area (Å²) in [6.45, 7) is 4.68. The van der Waals surface area contributed by atoms with E-state index in [1.807, 2.05) is 6.92 Å². The van der Waals surface area contributed by atoms with Crippen molar-refractivity contribution >= 4 is 21.4 Å². The molecule has 1 saturated heterocycles. The van der Waals surface area contributed by atoms with Gasteiger partial charge in [0, 0.05) is 25.3 Å². The minimum Gasteiger partial charge on any atom is -0.371 e. The smallest absolute Gasteiger partial charge is 0.235 e. The van der Waals surface area contributed by atoms with Gasteiger partial charge in [0.2, 0.25) is 10.0 Å². The molecule has 110 valence electrons. The van der Waals surface area contributed by atoms with E-state index in [0.717, 1.165) is 30.8 Å². The van der Waals surface area contributed by atoms with Gasteiger partial charge in [0.1, 0.15) is 0 Å². The van der Waals surface area contributed by atoms with Crippen molar-refractivity contribution in [2.24, 2.45) is 0 Å². The van der Waals surface area contributed by atoms with Crippen molar-refractivity contribution in [3.05, 3.63) is 23.8 Å². The fourth-order valence-corrected chi connectivity index (χ4v) is 4.74. The van der Waals surface area contributed by atoms with E-state index in [1.165, 1.54) is 18.5 Å². The average Bonchev–Trinajstić information content (AvgIpc) is 3.07. The van der Waals surface area contributed by atoms with Crippen molar-refractivity contribution in [2.45, 2.75) is 32.6 Å². The van der Waals surface area contributed by atoms with E-state index in [1.54, 1.807) is 4.31 Å². The van der Waals surface area contributed by atoms with Crippen LogP contribution in [0.3, 0.4) is 0 Å². The van der Waals surface area contributed by atoms with Crippen molar-refractivity contribution in [2.75, 3.05) is 34.6 Å². The van der Waals surface area contributed by atoms with Gasteiger partial charge >= 0.3 is 0 Å². The number of sulfonamides is 1. The van der Waals surface area contributed by atoms with Crippen LogP contribution in [0.5, 0.6) is 0 Å². The summed E-state index contributed by atoms with van der Waals surface area (Å²) in [5, 5.41) is 0. The molecule has 1 aromatic rings. The van der Waals surface area contributed by atoms with Crippen LogP contribution in [0.4, 0.5) is 11.4 Å². The number of hydrogen-bond acceptors (Lipinski definition) is 3. The fraction of sp³-hybridized carbons (Fsp3) is 0.600. The lowest BCUT2D eigenvalue weighted by Gasteiger charge is -2.22. The Morgan fingerprint density at radius 2 is 1.90 bits per heavy atom. The third-order valence-electron chi connectivity index (χ3n) is 4.19. The van der Waals surface area contributed by atoms with Crippen LogP contribution in [0.1, 0.15) is 31.7 Å². The minimum absolute atomic E-state index is 0.236. The molecule has 0 amide bonds. The van der Waals surface area contributed by atoms with Crippen LogP contribution in [-0.2, 0) is 16.4 Å². The van der Waals surface area contributed by atoms with Crippen LogP contribution in [0.2, 0.25) is 0 Å². The Balaban J connectivity index is 1.93. The molecule has 1 aromatic carbocycles. The summed E-state index contributed by atoms with van der Waals surface area (Å²) in [7, 11) is -3.15. The first-order valence-electron chi connectivity index (χ1n) is 7.50. The molecule has 4 nitrogen and oxygen atoms in total. The van der Waals surface area contributed by atoms with Gasteiger partial charge in [-0.15, -0.1) is 0 Å². The third-order valence-corrected chi connectivity index (χ3v) is 6.17. The Morgan fingerprint density at radius 1 is 1.15 bits per heavy atom. The number of rotatable bonds is 4. The van der Waals surface area contributed by atoms with E-state index in [4.69, 9.17) is 0 Å². The molecule has 0 bridgehead atoms. The molecule has 3 rings (SSSR count). The quantitative estimate of drug-likeness (QED) is 0.856. The van der Waals surface area contributed by atoms with Crippen LogP contribution in [0.15, 0.2) is 18.2 Å². The Kier molecular flexibility index (Phi) is 3.63. The number of hydrogen-bond donors (Lipinski definition) is 0. The summed E-state index contributed by atoms with van der Waals surface area (Å²) in [6, 6.07) is 6.31. The van der Waals surface area contributed by atoms with Gasteiger partial charge in [0.25, 0.3) is 0 Å². The topological polar surface area (TPSA) is 40.6 Å². The molecule has 0 N–H and O–H groups in total. The number of anilines is 2. The van der Waals surface area contributed by atoms with Crippen molar-refractivity contribution in [1.82, 2.24) is 0 Å². The molecule has 1 fully saturated rings. The average molecular weight is 294 g/mol.